The predicted octanol–water partition coefficient (Wildman–Crippen LogP) is 4.68. The molecule has 1 heterocycles. The number of H-pyrrole nitrogens is 1. The molecule has 0 aliphatic carbocycles. The zero-order chi connectivity index (χ0) is 15.7. The maximum Gasteiger partial charge on any atom is 0.272 e. The molecule has 0 aliphatic rings. The highest BCUT2D eigenvalue weighted by molar-refractivity contribution is 6.06. The Kier molecular flexibility index (Phi) is 3.67. The van der Waals surface area contributed by atoms with Crippen LogP contribution in [0.2, 0.25) is 0 Å². The van der Waals surface area contributed by atoms with Gasteiger partial charge in [-0.2, -0.15) is 0 Å². The number of para-hydroxylation sites is 1. The molecule has 2 N–H and O–H groups in total. The van der Waals surface area contributed by atoms with Crippen LogP contribution in [0.15, 0.2) is 48.5 Å². The second-order valence-corrected chi connectivity index (χ2v) is 5.61. The lowest BCUT2D eigenvalue weighted by molar-refractivity contribution is 0.102. The molecule has 0 unspecified atom stereocenters. The molecule has 3 rings (SSSR count). The van der Waals surface area contributed by atoms with Crippen molar-refractivity contribution in [3.8, 4) is 0 Å². The van der Waals surface area contributed by atoms with Crippen LogP contribution in [-0.2, 0) is 0 Å². The van der Waals surface area contributed by atoms with Crippen molar-refractivity contribution in [3.05, 3.63) is 65.6 Å². The minimum absolute atomic E-state index is 0.232. The summed E-state index contributed by atoms with van der Waals surface area (Å²) in [6.07, 6.45) is 0. The minimum atomic E-state index is -0.316. The van der Waals surface area contributed by atoms with E-state index in [1.165, 1.54) is 12.1 Å². The van der Waals surface area contributed by atoms with Crippen molar-refractivity contribution >= 4 is 22.5 Å². The van der Waals surface area contributed by atoms with Crippen LogP contribution in [0, 0.1) is 5.82 Å². The van der Waals surface area contributed by atoms with Crippen LogP contribution in [0.3, 0.4) is 0 Å². The van der Waals surface area contributed by atoms with Gasteiger partial charge in [0, 0.05) is 16.6 Å². The van der Waals surface area contributed by atoms with Crippen molar-refractivity contribution in [2.24, 2.45) is 0 Å². The van der Waals surface area contributed by atoms with Crippen LogP contribution < -0.4 is 5.32 Å². The number of hydrogen-bond acceptors (Lipinski definition) is 1. The Balaban J connectivity index is 1.90. The van der Waals surface area contributed by atoms with Gasteiger partial charge < -0.3 is 10.3 Å². The van der Waals surface area contributed by atoms with Crippen molar-refractivity contribution in [1.29, 1.82) is 0 Å². The molecule has 0 saturated heterocycles. The monoisotopic (exact) mass is 296 g/mol. The highest BCUT2D eigenvalue weighted by Crippen LogP contribution is 2.24. The van der Waals surface area contributed by atoms with Crippen LogP contribution in [0.25, 0.3) is 10.9 Å². The third-order valence-electron chi connectivity index (χ3n) is 3.66. The van der Waals surface area contributed by atoms with E-state index in [9.17, 15) is 9.18 Å². The SMILES string of the molecule is CC(C)c1ccccc1NC(=O)c1cc2cc(F)ccc2[nH]1. The molecule has 1 aromatic heterocycles. The lowest BCUT2D eigenvalue weighted by atomic mass is 10.0. The van der Waals surface area contributed by atoms with Crippen molar-refractivity contribution in [3.63, 3.8) is 0 Å². The van der Waals surface area contributed by atoms with E-state index in [1.807, 2.05) is 24.3 Å². The quantitative estimate of drug-likeness (QED) is 0.724. The lowest BCUT2D eigenvalue weighted by Gasteiger charge is -2.13. The Morgan fingerprint density at radius 1 is 1.14 bits per heavy atom. The number of carbonyl (C=O) groups is 1. The molecule has 3 aromatic rings. The Morgan fingerprint density at radius 3 is 2.68 bits per heavy atom. The first-order chi connectivity index (χ1) is 10.5. The molecule has 0 fully saturated rings. The number of nitrogens with one attached hydrogen (secondary N) is 2. The first-order valence-corrected chi connectivity index (χ1v) is 7.23. The van der Waals surface area contributed by atoms with Crippen LogP contribution in [0.1, 0.15) is 35.8 Å². The summed E-state index contributed by atoms with van der Waals surface area (Å²) in [5.74, 6) is -0.235. The number of carbonyl (C=O) groups excluding carboxylic acids is 1. The normalized spacial score (nSPS) is 11.1. The first-order valence-electron chi connectivity index (χ1n) is 7.23. The van der Waals surface area contributed by atoms with E-state index in [4.69, 9.17) is 0 Å². The molecular weight excluding hydrogens is 279 g/mol. The van der Waals surface area contributed by atoms with E-state index in [-0.39, 0.29) is 11.7 Å². The van der Waals surface area contributed by atoms with Gasteiger partial charge in [0.25, 0.3) is 5.91 Å². The summed E-state index contributed by atoms with van der Waals surface area (Å²) in [5, 5.41) is 3.60. The molecular formula is C18H17FN2O. The number of aromatic amines is 1. The summed E-state index contributed by atoms with van der Waals surface area (Å²) < 4.78 is 13.2. The van der Waals surface area contributed by atoms with E-state index in [0.29, 0.717) is 17.0 Å². The van der Waals surface area contributed by atoms with Gasteiger partial charge in [0.1, 0.15) is 11.5 Å². The summed E-state index contributed by atoms with van der Waals surface area (Å²) in [6, 6.07) is 13.8. The standard InChI is InChI=1S/C18H17FN2O/c1-11(2)14-5-3-4-6-16(14)21-18(22)17-10-12-9-13(19)7-8-15(12)20-17/h3-11,20H,1-2H3,(H,21,22). The van der Waals surface area contributed by atoms with Gasteiger partial charge in [-0.3, -0.25) is 4.79 Å². The third-order valence-corrected chi connectivity index (χ3v) is 3.66. The number of hydrogen-bond donors (Lipinski definition) is 2. The van der Waals surface area contributed by atoms with Gasteiger partial charge in [-0.05, 0) is 41.8 Å². The van der Waals surface area contributed by atoms with E-state index >= 15 is 0 Å². The average Bonchev–Trinajstić information content (AvgIpc) is 2.90. The number of rotatable bonds is 3. The molecule has 0 atom stereocenters. The average molecular weight is 296 g/mol. The van der Waals surface area contributed by atoms with Crippen molar-refractivity contribution in [1.82, 2.24) is 4.98 Å². The molecule has 0 radical (unpaired) electrons. The minimum Gasteiger partial charge on any atom is -0.351 e. The summed E-state index contributed by atoms with van der Waals surface area (Å²) in [5.41, 5.74) is 3.04. The highest BCUT2D eigenvalue weighted by Gasteiger charge is 2.13. The molecule has 0 saturated carbocycles. The summed E-state index contributed by atoms with van der Waals surface area (Å²) in [4.78, 5) is 15.4. The van der Waals surface area contributed by atoms with Gasteiger partial charge in [-0.25, -0.2) is 4.39 Å². The van der Waals surface area contributed by atoms with Crippen molar-refractivity contribution in [2.75, 3.05) is 5.32 Å². The largest absolute Gasteiger partial charge is 0.351 e. The van der Waals surface area contributed by atoms with Gasteiger partial charge >= 0.3 is 0 Å². The molecule has 112 valence electrons. The second kappa shape index (κ2) is 5.64. The first kappa shape index (κ1) is 14.3. The van der Waals surface area contributed by atoms with Gasteiger partial charge in [-0.1, -0.05) is 32.0 Å². The molecule has 1 amide bonds. The van der Waals surface area contributed by atoms with Gasteiger partial charge in [0.05, 0.1) is 0 Å². The molecule has 22 heavy (non-hydrogen) atoms. The third kappa shape index (κ3) is 2.72. The van der Waals surface area contributed by atoms with Gasteiger partial charge in [0.15, 0.2) is 0 Å². The zero-order valence-corrected chi connectivity index (χ0v) is 12.5. The van der Waals surface area contributed by atoms with Crippen LogP contribution >= 0.6 is 0 Å². The Bertz CT molecular complexity index is 836. The summed E-state index contributed by atoms with van der Waals surface area (Å²) >= 11 is 0. The van der Waals surface area contributed by atoms with E-state index in [0.717, 1.165) is 16.8 Å². The molecule has 2 aromatic carbocycles. The number of amides is 1. The fourth-order valence-corrected chi connectivity index (χ4v) is 2.53. The predicted molar refractivity (Wildman–Crippen MR) is 86.7 cm³/mol. The summed E-state index contributed by atoms with van der Waals surface area (Å²) in [7, 11) is 0. The number of benzene rings is 2. The fourth-order valence-electron chi connectivity index (χ4n) is 2.53. The second-order valence-electron chi connectivity index (χ2n) is 5.61. The number of anilines is 1. The topological polar surface area (TPSA) is 44.9 Å². The smallest absolute Gasteiger partial charge is 0.272 e. The Morgan fingerprint density at radius 2 is 1.91 bits per heavy atom. The summed E-state index contributed by atoms with van der Waals surface area (Å²) in [6.45, 7) is 4.16. The van der Waals surface area contributed by atoms with Crippen LogP contribution in [0.4, 0.5) is 10.1 Å². The fraction of sp³-hybridized carbons (Fsp3) is 0.167. The molecule has 3 nitrogen and oxygen atoms in total. The van der Waals surface area contributed by atoms with E-state index < -0.39 is 0 Å². The zero-order valence-electron chi connectivity index (χ0n) is 12.5. The van der Waals surface area contributed by atoms with Crippen molar-refractivity contribution in [2.45, 2.75) is 19.8 Å². The molecule has 4 heteroatoms. The Labute approximate surface area is 128 Å². The number of fused-ring (bicyclic) bond motifs is 1. The molecule has 0 spiro atoms. The number of aromatic nitrogens is 1. The molecule has 0 bridgehead atoms. The van der Waals surface area contributed by atoms with Crippen LogP contribution in [-0.4, -0.2) is 10.9 Å². The molecule has 0 aliphatic heterocycles. The van der Waals surface area contributed by atoms with E-state index in [2.05, 4.69) is 24.1 Å². The van der Waals surface area contributed by atoms with E-state index in [1.54, 1.807) is 12.1 Å². The lowest BCUT2D eigenvalue weighted by Crippen LogP contribution is -2.13. The van der Waals surface area contributed by atoms with Gasteiger partial charge in [-0.15, -0.1) is 0 Å². The maximum absolute atomic E-state index is 13.2. The van der Waals surface area contributed by atoms with Crippen molar-refractivity contribution < 1.29 is 9.18 Å². The highest BCUT2D eigenvalue weighted by atomic mass is 19.1. The maximum atomic E-state index is 13.2. The van der Waals surface area contributed by atoms with Crippen LogP contribution in [0.5, 0.6) is 0 Å². The Hall–Kier alpha value is -2.62. The number of halogens is 1. The van der Waals surface area contributed by atoms with Gasteiger partial charge in [0.2, 0.25) is 0 Å².